The van der Waals surface area contributed by atoms with E-state index in [1.54, 1.807) is 12.4 Å². The number of hydrogen-bond acceptors (Lipinski definition) is 10. The SMILES string of the molecule is CN(C)CC1(Cn2cc(Nc3ncc(C=N)c(NCc4cccc(N5CCOCC5)c4)n3)cn2)COC1.[HH]. The molecule has 5 rings (SSSR count). The van der Waals surface area contributed by atoms with Gasteiger partial charge in [-0.3, -0.25) is 4.68 Å². The molecule has 2 saturated heterocycles. The van der Waals surface area contributed by atoms with Crippen LogP contribution in [0.3, 0.4) is 0 Å². The molecule has 3 aromatic rings. The van der Waals surface area contributed by atoms with Crippen molar-refractivity contribution in [3.8, 4) is 0 Å². The maximum atomic E-state index is 7.78. The number of hydrogen-bond donors (Lipinski definition) is 3. The first kappa shape index (κ1) is 25.1. The average molecular weight is 508 g/mol. The van der Waals surface area contributed by atoms with Crippen LogP contribution in [0.4, 0.5) is 23.1 Å². The highest BCUT2D eigenvalue weighted by Gasteiger charge is 2.39. The van der Waals surface area contributed by atoms with E-state index in [4.69, 9.17) is 14.9 Å². The molecule has 4 heterocycles. The van der Waals surface area contributed by atoms with Gasteiger partial charge in [0, 0.05) is 57.3 Å². The fourth-order valence-corrected chi connectivity index (χ4v) is 4.85. The van der Waals surface area contributed by atoms with Crippen LogP contribution in [0.25, 0.3) is 0 Å². The van der Waals surface area contributed by atoms with Gasteiger partial charge in [-0.2, -0.15) is 10.1 Å². The van der Waals surface area contributed by atoms with E-state index < -0.39 is 0 Å². The highest BCUT2D eigenvalue weighted by molar-refractivity contribution is 5.84. The van der Waals surface area contributed by atoms with Crippen LogP contribution in [-0.4, -0.2) is 91.0 Å². The quantitative estimate of drug-likeness (QED) is 0.337. The van der Waals surface area contributed by atoms with Crippen LogP contribution in [0.1, 0.15) is 12.6 Å². The second kappa shape index (κ2) is 11.2. The Bertz CT molecular complexity index is 1210. The summed E-state index contributed by atoms with van der Waals surface area (Å²) in [6.45, 7) is 7.12. The Morgan fingerprint density at radius 3 is 2.76 bits per heavy atom. The number of nitrogens with zero attached hydrogens (tertiary/aromatic N) is 6. The molecule has 3 N–H and O–H groups in total. The van der Waals surface area contributed by atoms with Gasteiger partial charge in [0.15, 0.2) is 0 Å². The summed E-state index contributed by atoms with van der Waals surface area (Å²) >= 11 is 0. The molecular formula is C26H37N9O2. The first-order valence-corrected chi connectivity index (χ1v) is 12.6. The van der Waals surface area contributed by atoms with Crippen molar-refractivity contribution in [3.63, 3.8) is 0 Å². The monoisotopic (exact) mass is 507 g/mol. The van der Waals surface area contributed by atoms with Crippen molar-refractivity contribution in [1.82, 2.24) is 24.6 Å². The van der Waals surface area contributed by atoms with Crippen molar-refractivity contribution in [2.75, 3.05) is 75.7 Å². The van der Waals surface area contributed by atoms with E-state index in [2.05, 4.69) is 73.9 Å². The largest absolute Gasteiger partial charge is 0.380 e. The number of aromatic nitrogens is 4. The fourth-order valence-electron chi connectivity index (χ4n) is 4.85. The lowest BCUT2D eigenvalue weighted by molar-refractivity contribution is -0.132. The summed E-state index contributed by atoms with van der Waals surface area (Å²) in [7, 11) is 4.16. The maximum absolute atomic E-state index is 7.78. The van der Waals surface area contributed by atoms with Crippen molar-refractivity contribution in [1.29, 1.82) is 5.41 Å². The Morgan fingerprint density at radius 1 is 1.19 bits per heavy atom. The molecule has 0 unspecified atom stereocenters. The zero-order valence-corrected chi connectivity index (χ0v) is 21.5. The van der Waals surface area contributed by atoms with Crippen molar-refractivity contribution >= 4 is 29.4 Å². The summed E-state index contributed by atoms with van der Waals surface area (Å²) in [4.78, 5) is 13.6. The number of anilines is 4. The van der Waals surface area contributed by atoms with Crippen LogP contribution >= 0.6 is 0 Å². The van der Waals surface area contributed by atoms with E-state index in [1.807, 2.05) is 10.9 Å². The Balaban J connectivity index is 0.00000336. The lowest BCUT2D eigenvalue weighted by Gasteiger charge is -2.43. The smallest absolute Gasteiger partial charge is 0.229 e. The number of nitrogens with one attached hydrogen (secondary N) is 3. The Hall–Kier alpha value is -3.54. The highest BCUT2D eigenvalue weighted by Crippen LogP contribution is 2.30. The summed E-state index contributed by atoms with van der Waals surface area (Å²) in [5.74, 6) is 1.05. The predicted octanol–water partition coefficient (Wildman–Crippen LogP) is 2.69. The summed E-state index contributed by atoms with van der Waals surface area (Å²) in [6, 6.07) is 8.48. The van der Waals surface area contributed by atoms with E-state index in [0.29, 0.717) is 23.9 Å². The minimum Gasteiger partial charge on any atom is -0.380 e. The molecule has 2 fully saturated rings. The molecular weight excluding hydrogens is 470 g/mol. The van der Waals surface area contributed by atoms with Crippen LogP contribution in [0.15, 0.2) is 42.9 Å². The second-order valence-corrected chi connectivity index (χ2v) is 10.0. The van der Waals surface area contributed by atoms with Gasteiger partial charge in [-0.05, 0) is 31.8 Å². The molecule has 0 spiro atoms. The summed E-state index contributed by atoms with van der Waals surface area (Å²) in [6.07, 6.45) is 6.66. The molecule has 0 saturated carbocycles. The van der Waals surface area contributed by atoms with Crippen LogP contribution in [-0.2, 0) is 22.6 Å². The summed E-state index contributed by atoms with van der Waals surface area (Å²) in [5.41, 5.74) is 3.86. The molecule has 11 nitrogen and oxygen atoms in total. The molecule has 11 heteroatoms. The van der Waals surface area contributed by atoms with Crippen molar-refractivity contribution in [2.45, 2.75) is 13.1 Å². The Morgan fingerprint density at radius 2 is 2.03 bits per heavy atom. The van der Waals surface area contributed by atoms with Gasteiger partial charge in [-0.15, -0.1) is 0 Å². The molecule has 0 radical (unpaired) electrons. The number of benzene rings is 1. The highest BCUT2D eigenvalue weighted by atomic mass is 16.5. The van der Waals surface area contributed by atoms with Crippen molar-refractivity contribution in [3.05, 3.63) is 54.0 Å². The standard InChI is InChI=1S/C26H35N9O2.H2/c1-33(2)16-26(18-37-19-26)17-35-15-22(14-30-35)31-25-29-13-21(11-27)24(32-25)28-12-20-4-3-5-23(10-20)34-6-8-36-9-7-34;/h3-5,10-11,13-15,27H,6-9,12,16-19H2,1-2H3,(H2,28,29,31,32);1H. The number of ether oxygens (including phenoxy) is 2. The van der Waals surface area contributed by atoms with Crippen molar-refractivity contribution < 1.29 is 10.9 Å². The third-order valence-corrected chi connectivity index (χ3v) is 6.57. The van der Waals surface area contributed by atoms with Gasteiger partial charge in [0.1, 0.15) is 5.82 Å². The zero-order chi connectivity index (χ0) is 25.7. The molecule has 198 valence electrons. The molecule has 0 amide bonds. The predicted molar refractivity (Wildman–Crippen MR) is 146 cm³/mol. The third kappa shape index (κ3) is 6.24. The molecule has 0 atom stereocenters. The van der Waals surface area contributed by atoms with Gasteiger partial charge in [-0.1, -0.05) is 12.1 Å². The molecule has 1 aromatic carbocycles. The average Bonchev–Trinajstić information content (AvgIpc) is 3.33. The molecule has 2 aliphatic rings. The summed E-state index contributed by atoms with van der Waals surface area (Å²) < 4.78 is 12.9. The number of rotatable bonds is 11. The fraction of sp³-hybridized carbons (Fsp3) is 0.462. The van der Waals surface area contributed by atoms with Crippen molar-refractivity contribution in [2.24, 2.45) is 5.41 Å². The Kier molecular flexibility index (Phi) is 7.63. The molecule has 2 aromatic heterocycles. The minimum atomic E-state index is 0. The van der Waals surface area contributed by atoms with Crippen LogP contribution in [0.2, 0.25) is 0 Å². The molecule has 37 heavy (non-hydrogen) atoms. The van der Waals surface area contributed by atoms with Gasteiger partial charge < -0.3 is 35.3 Å². The molecule has 0 bridgehead atoms. The van der Waals surface area contributed by atoms with Gasteiger partial charge in [0.05, 0.1) is 50.4 Å². The van der Waals surface area contributed by atoms with Crippen LogP contribution in [0.5, 0.6) is 0 Å². The lowest BCUT2D eigenvalue weighted by Crippen LogP contribution is -2.52. The third-order valence-electron chi connectivity index (χ3n) is 6.57. The van der Waals surface area contributed by atoms with Gasteiger partial charge >= 0.3 is 0 Å². The second-order valence-electron chi connectivity index (χ2n) is 10.0. The van der Waals surface area contributed by atoms with Gasteiger partial charge in [-0.25, -0.2) is 4.98 Å². The number of morpholine rings is 1. The Labute approximate surface area is 218 Å². The molecule has 0 aliphatic carbocycles. The van der Waals surface area contributed by atoms with E-state index in [-0.39, 0.29) is 6.84 Å². The molecule has 2 aliphatic heterocycles. The first-order chi connectivity index (χ1) is 18.0. The van der Waals surface area contributed by atoms with E-state index in [9.17, 15) is 0 Å². The van der Waals surface area contributed by atoms with Crippen LogP contribution in [0, 0.1) is 10.8 Å². The van der Waals surface area contributed by atoms with Crippen LogP contribution < -0.4 is 15.5 Å². The first-order valence-electron chi connectivity index (χ1n) is 12.6. The minimum absolute atomic E-state index is 0. The normalized spacial score (nSPS) is 16.9. The summed E-state index contributed by atoms with van der Waals surface area (Å²) in [5, 5.41) is 18.9. The van der Waals surface area contributed by atoms with E-state index in [1.165, 1.54) is 11.9 Å². The lowest BCUT2D eigenvalue weighted by atomic mass is 9.85. The maximum Gasteiger partial charge on any atom is 0.229 e. The van der Waals surface area contributed by atoms with E-state index >= 15 is 0 Å². The van der Waals surface area contributed by atoms with Gasteiger partial charge in [0.25, 0.3) is 0 Å². The van der Waals surface area contributed by atoms with Gasteiger partial charge in [0.2, 0.25) is 5.95 Å². The van der Waals surface area contributed by atoms with E-state index in [0.717, 1.165) is 63.9 Å². The zero-order valence-electron chi connectivity index (χ0n) is 21.5. The topological polar surface area (TPSA) is 116 Å².